The van der Waals surface area contributed by atoms with Crippen LogP contribution in [0.15, 0.2) is 0 Å². The maximum atomic E-state index is 11.8. The molecule has 1 saturated heterocycles. The molecule has 1 heterocycles. The van der Waals surface area contributed by atoms with Crippen molar-refractivity contribution in [1.82, 2.24) is 9.80 Å². The number of thiocarbonyl (C=S) groups is 1. The number of carbonyl (C=O) groups is 1. The summed E-state index contributed by atoms with van der Waals surface area (Å²) in [6.45, 7) is 4.17. The average Bonchev–Trinajstić information content (AvgIpc) is 2.27. The fraction of sp³-hybridized carbons (Fsp3) is 0.778. The smallest absolute Gasteiger partial charge is 0.319 e. The zero-order valence-corrected chi connectivity index (χ0v) is 9.92. The van der Waals surface area contributed by atoms with Gasteiger partial charge in [0.1, 0.15) is 11.1 Å². The molecule has 0 aliphatic carbocycles. The summed E-state index contributed by atoms with van der Waals surface area (Å²) in [4.78, 5) is 15.5. The lowest BCUT2D eigenvalue weighted by atomic mass is 10.3. The van der Waals surface area contributed by atoms with E-state index >= 15 is 0 Å². The number of rotatable bonds is 2. The number of hydrogen-bond acceptors (Lipinski definition) is 3. The van der Waals surface area contributed by atoms with E-state index in [-0.39, 0.29) is 12.1 Å². The van der Waals surface area contributed by atoms with Crippen LogP contribution in [-0.4, -0.2) is 60.2 Å². The first-order valence-corrected chi connectivity index (χ1v) is 5.38. The van der Waals surface area contributed by atoms with E-state index in [0.29, 0.717) is 31.2 Å². The molecule has 0 spiro atoms. The van der Waals surface area contributed by atoms with E-state index in [1.54, 1.807) is 16.8 Å². The zero-order chi connectivity index (χ0) is 11.4. The molecule has 2 N–H and O–H groups in total. The van der Waals surface area contributed by atoms with Crippen molar-refractivity contribution in [2.24, 2.45) is 5.73 Å². The molecular weight excluding hydrogens is 214 g/mol. The van der Waals surface area contributed by atoms with Crippen LogP contribution < -0.4 is 5.73 Å². The van der Waals surface area contributed by atoms with Crippen molar-refractivity contribution >= 4 is 23.2 Å². The molecule has 86 valence electrons. The van der Waals surface area contributed by atoms with Gasteiger partial charge in [0.05, 0.1) is 13.2 Å². The van der Waals surface area contributed by atoms with Gasteiger partial charge in [-0.15, -0.1) is 0 Å². The van der Waals surface area contributed by atoms with Gasteiger partial charge < -0.3 is 20.3 Å². The van der Waals surface area contributed by atoms with Gasteiger partial charge in [-0.1, -0.05) is 12.2 Å². The monoisotopic (exact) mass is 231 g/mol. The number of ether oxygens (including phenoxy) is 1. The number of amides is 2. The molecule has 15 heavy (non-hydrogen) atoms. The van der Waals surface area contributed by atoms with E-state index in [0.717, 1.165) is 0 Å². The predicted molar refractivity (Wildman–Crippen MR) is 61.8 cm³/mol. The standard InChI is InChI=1S/C9H17N3O2S/c1-3-11(2)9(13)12-4-5-14-7(6-12)8(10)15/h7H,3-6H2,1-2H3,(H2,10,15). The lowest BCUT2D eigenvalue weighted by molar-refractivity contribution is 0.0169. The Hall–Kier alpha value is -0.880. The average molecular weight is 231 g/mol. The largest absolute Gasteiger partial charge is 0.391 e. The molecule has 0 aromatic carbocycles. The topological polar surface area (TPSA) is 58.8 Å². The van der Waals surface area contributed by atoms with Crippen LogP contribution in [0, 0.1) is 0 Å². The lowest BCUT2D eigenvalue weighted by Gasteiger charge is -2.34. The van der Waals surface area contributed by atoms with E-state index in [1.165, 1.54) is 0 Å². The summed E-state index contributed by atoms with van der Waals surface area (Å²) < 4.78 is 5.35. The second-order valence-corrected chi connectivity index (χ2v) is 3.98. The van der Waals surface area contributed by atoms with E-state index in [9.17, 15) is 4.79 Å². The molecule has 1 atom stereocenters. The molecule has 0 bridgehead atoms. The van der Waals surface area contributed by atoms with Crippen LogP contribution in [-0.2, 0) is 4.74 Å². The number of carbonyl (C=O) groups excluding carboxylic acids is 1. The molecular formula is C9H17N3O2S. The van der Waals surface area contributed by atoms with Crippen LogP contribution in [0.25, 0.3) is 0 Å². The Morgan fingerprint density at radius 1 is 1.73 bits per heavy atom. The van der Waals surface area contributed by atoms with E-state index in [1.807, 2.05) is 6.92 Å². The number of urea groups is 1. The highest BCUT2D eigenvalue weighted by Gasteiger charge is 2.27. The van der Waals surface area contributed by atoms with Gasteiger partial charge in [-0.2, -0.15) is 0 Å². The van der Waals surface area contributed by atoms with Crippen LogP contribution in [0.4, 0.5) is 4.79 Å². The van der Waals surface area contributed by atoms with Gasteiger partial charge in [0, 0.05) is 20.1 Å². The Morgan fingerprint density at radius 2 is 2.40 bits per heavy atom. The Kier molecular flexibility index (Phi) is 4.28. The fourth-order valence-corrected chi connectivity index (χ4v) is 1.51. The molecule has 1 aliphatic heterocycles. The summed E-state index contributed by atoms with van der Waals surface area (Å²) in [6, 6.07) is 0.00190. The van der Waals surface area contributed by atoms with Crippen molar-refractivity contribution in [3.63, 3.8) is 0 Å². The summed E-state index contributed by atoms with van der Waals surface area (Å²) in [5, 5.41) is 0. The summed E-state index contributed by atoms with van der Waals surface area (Å²) in [5.41, 5.74) is 5.49. The van der Waals surface area contributed by atoms with E-state index < -0.39 is 0 Å². The molecule has 0 saturated carbocycles. The van der Waals surface area contributed by atoms with Crippen LogP contribution in [0.3, 0.4) is 0 Å². The molecule has 1 rings (SSSR count). The third-order valence-corrected chi connectivity index (χ3v) is 2.72. The van der Waals surface area contributed by atoms with Crippen LogP contribution >= 0.6 is 12.2 Å². The first-order valence-electron chi connectivity index (χ1n) is 4.97. The summed E-state index contributed by atoms with van der Waals surface area (Å²) in [7, 11) is 1.77. The zero-order valence-electron chi connectivity index (χ0n) is 9.10. The van der Waals surface area contributed by atoms with E-state index in [4.69, 9.17) is 22.7 Å². The molecule has 1 aliphatic rings. The van der Waals surface area contributed by atoms with Gasteiger partial charge in [-0.25, -0.2) is 4.79 Å². The maximum absolute atomic E-state index is 11.8. The van der Waals surface area contributed by atoms with Crippen molar-refractivity contribution < 1.29 is 9.53 Å². The third kappa shape index (κ3) is 3.04. The van der Waals surface area contributed by atoms with Gasteiger partial charge >= 0.3 is 6.03 Å². The second-order valence-electron chi connectivity index (χ2n) is 3.50. The van der Waals surface area contributed by atoms with Crippen molar-refractivity contribution in [2.75, 3.05) is 33.3 Å². The summed E-state index contributed by atoms with van der Waals surface area (Å²) >= 11 is 4.85. The lowest BCUT2D eigenvalue weighted by Crippen LogP contribution is -2.53. The number of nitrogens with zero attached hydrogens (tertiary/aromatic N) is 2. The first-order chi connectivity index (χ1) is 7.06. The van der Waals surface area contributed by atoms with Gasteiger partial charge in [0.2, 0.25) is 0 Å². The quantitative estimate of drug-likeness (QED) is 0.682. The third-order valence-electron chi connectivity index (χ3n) is 2.46. The second kappa shape index (κ2) is 5.27. The highest BCUT2D eigenvalue weighted by molar-refractivity contribution is 7.80. The normalized spacial score (nSPS) is 21.2. The van der Waals surface area contributed by atoms with Crippen LogP contribution in [0.2, 0.25) is 0 Å². The molecule has 0 aromatic heterocycles. The van der Waals surface area contributed by atoms with Crippen LogP contribution in [0.1, 0.15) is 6.92 Å². The van der Waals surface area contributed by atoms with Gasteiger partial charge in [0.25, 0.3) is 0 Å². The molecule has 5 nitrogen and oxygen atoms in total. The van der Waals surface area contributed by atoms with E-state index in [2.05, 4.69) is 0 Å². The van der Waals surface area contributed by atoms with Crippen molar-refractivity contribution in [3.05, 3.63) is 0 Å². The van der Waals surface area contributed by atoms with Gasteiger partial charge in [-0.05, 0) is 6.92 Å². The molecule has 6 heteroatoms. The number of nitrogens with two attached hydrogens (primary N) is 1. The Labute approximate surface area is 95.1 Å². The predicted octanol–water partition coefficient (Wildman–Crippen LogP) is 0.0450. The maximum Gasteiger partial charge on any atom is 0.319 e. The first kappa shape index (κ1) is 12.2. The Balaban J connectivity index is 2.56. The minimum absolute atomic E-state index is 0.00190. The van der Waals surface area contributed by atoms with Crippen molar-refractivity contribution in [2.45, 2.75) is 13.0 Å². The molecule has 2 amide bonds. The molecule has 1 unspecified atom stereocenters. The van der Waals surface area contributed by atoms with Crippen molar-refractivity contribution in [3.8, 4) is 0 Å². The number of hydrogen-bond donors (Lipinski definition) is 1. The van der Waals surface area contributed by atoms with Gasteiger partial charge in [-0.3, -0.25) is 0 Å². The highest BCUT2D eigenvalue weighted by atomic mass is 32.1. The SMILES string of the molecule is CCN(C)C(=O)N1CCOC(C(N)=S)C1. The van der Waals surface area contributed by atoms with Gasteiger partial charge in [0.15, 0.2) is 0 Å². The minimum Gasteiger partial charge on any atom is -0.391 e. The van der Waals surface area contributed by atoms with Crippen LogP contribution in [0.5, 0.6) is 0 Å². The van der Waals surface area contributed by atoms with Crippen molar-refractivity contribution in [1.29, 1.82) is 0 Å². The minimum atomic E-state index is -0.303. The fourth-order valence-electron chi connectivity index (χ4n) is 1.37. The molecule has 0 aromatic rings. The Morgan fingerprint density at radius 3 is 2.93 bits per heavy atom. The summed E-state index contributed by atoms with van der Waals surface area (Å²) in [6.07, 6.45) is -0.303. The Bertz CT molecular complexity index is 260. The number of morpholine rings is 1. The molecule has 0 radical (unpaired) electrons. The summed E-state index contributed by atoms with van der Waals surface area (Å²) in [5.74, 6) is 0. The molecule has 1 fully saturated rings. The highest BCUT2D eigenvalue weighted by Crippen LogP contribution is 2.07.